The predicted octanol–water partition coefficient (Wildman–Crippen LogP) is 10.0. The molecule has 0 amide bonds. The van der Waals surface area contributed by atoms with Gasteiger partial charge < -0.3 is 0 Å². The second kappa shape index (κ2) is 10.8. The first-order valence-electron chi connectivity index (χ1n) is 13.5. The van der Waals surface area contributed by atoms with Crippen LogP contribution in [0, 0.1) is 0 Å². The second-order valence-corrected chi connectivity index (χ2v) is 10.3. The maximum atomic E-state index is 6.20. The van der Waals surface area contributed by atoms with Gasteiger partial charge in [0, 0.05) is 21.7 Å². The van der Waals surface area contributed by atoms with Gasteiger partial charge in [0.05, 0.1) is 0 Å². The van der Waals surface area contributed by atoms with Crippen molar-refractivity contribution in [3.8, 4) is 56.4 Å². The highest BCUT2D eigenvalue weighted by molar-refractivity contribution is 6.30. The van der Waals surface area contributed by atoms with Gasteiger partial charge in [-0.2, -0.15) is 0 Å². The maximum Gasteiger partial charge on any atom is 0.164 e. The highest BCUT2D eigenvalue weighted by Crippen LogP contribution is 2.34. The van der Waals surface area contributed by atoms with Crippen molar-refractivity contribution < 1.29 is 0 Å². The Labute approximate surface area is 243 Å². The lowest BCUT2D eigenvalue weighted by atomic mass is 9.96. The van der Waals surface area contributed by atoms with Gasteiger partial charge in [-0.15, -0.1) is 0 Å². The van der Waals surface area contributed by atoms with Gasteiger partial charge in [-0.05, 0) is 63.4 Å². The average Bonchev–Trinajstić information content (AvgIpc) is 3.05. The molecular weight excluding hydrogens is 522 g/mol. The smallest absolute Gasteiger partial charge is 0.164 e. The van der Waals surface area contributed by atoms with Crippen LogP contribution in [0.2, 0.25) is 5.02 Å². The molecule has 0 atom stereocenters. The molecule has 0 aliphatic heterocycles. The summed E-state index contributed by atoms with van der Waals surface area (Å²) in [5.74, 6) is 1.84. The van der Waals surface area contributed by atoms with Gasteiger partial charge in [0.25, 0.3) is 0 Å². The SMILES string of the molecule is Clc1ccc(-c2nc(-c3ccc(-c4ccccc4)cc3)nc(-c3ccccc3-c3ccc4ccccc4c3)n2)cc1. The van der Waals surface area contributed by atoms with Crippen molar-refractivity contribution in [3.05, 3.63) is 151 Å². The van der Waals surface area contributed by atoms with Crippen molar-refractivity contribution in [2.45, 2.75) is 0 Å². The van der Waals surface area contributed by atoms with E-state index in [1.807, 2.05) is 48.5 Å². The lowest BCUT2D eigenvalue weighted by molar-refractivity contribution is 1.07. The molecule has 0 saturated carbocycles. The van der Waals surface area contributed by atoms with Crippen molar-refractivity contribution in [2.75, 3.05) is 0 Å². The third-order valence-electron chi connectivity index (χ3n) is 7.22. The lowest BCUT2D eigenvalue weighted by Crippen LogP contribution is -2.01. The summed E-state index contributed by atoms with van der Waals surface area (Å²) in [4.78, 5) is 14.9. The molecule has 0 aliphatic rings. The van der Waals surface area contributed by atoms with E-state index in [4.69, 9.17) is 26.6 Å². The number of hydrogen-bond donors (Lipinski definition) is 0. The van der Waals surface area contributed by atoms with Crippen LogP contribution in [-0.4, -0.2) is 15.0 Å². The zero-order chi connectivity index (χ0) is 27.6. The Morgan fingerprint density at radius 3 is 1.54 bits per heavy atom. The normalized spacial score (nSPS) is 11.0. The van der Waals surface area contributed by atoms with E-state index in [1.165, 1.54) is 16.3 Å². The van der Waals surface area contributed by atoms with Crippen LogP contribution >= 0.6 is 11.6 Å². The number of fused-ring (bicyclic) bond motifs is 1. The van der Waals surface area contributed by atoms with E-state index >= 15 is 0 Å². The van der Waals surface area contributed by atoms with Crippen molar-refractivity contribution in [3.63, 3.8) is 0 Å². The molecule has 7 rings (SSSR count). The Hall–Kier alpha value is -5.12. The van der Waals surface area contributed by atoms with Crippen LogP contribution in [0.5, 0.6) is 0 Å². The minimum Gasteiger partial charge on any atom is -0.208 e. The zero-order valence-corrected chi connectivity index (χ0v) is 22.8. The number of benzene rings is 6. The molecule has 0 saturated heterocycles. The molecule has 1 heterocycles. The van der Waals surface area contributed by atoms with Crippen LogP contribution in [0.1, 0.15) is 0 Å². The summed E-state index contributed by atoms with van der Waals surface area (Å²) in [7, 11) is 0. The zero-order valence-electron chi connectivity index (χ0n) is 22.1. The average molecular weight is 546 g/mol. The lowest BCUT2D eigenvalue weighted by Gasteiger charge is -2.13. The number of halogens is 1. The highest BCUT2D eigenvalue weighted by atomic mass is 35.5. The van der Waals surface area contributed by atoms with Crippen LogP contribution < -0.4 is 0 Å². The summed E-state index contributed by atoms with van der Waals surface area (Å²) in [6.45, 7) is 0. The number of hydrogen-bond acceptors (Lipinski definition) is 3. The molecule has 4 heteroatoms. The second-order valence-electron chi connectivity index (χ2n) is 9.86. The van der Waals surface area contributed by atoms with Crippen molar-refractivity contribution in [1.29, 1.82) is 0 Å². The van der Waals surface area contributed by atoms with E-state index in [0.717, 1.165) is 33.4 Å². The fraction of sp³-hybridized carbons (Fsp3) is 0. The molecule has 6 aromatic carbocycles. The third kappa shape index (κ3) is 5.11. The summed E-state index contributed by atoms with van der Waals surface area (Å²) in [6.07, 6.45) is 0. The Morgan fingerprint density at radius 1 is 0.341 bits per heavy atom. The molecule has 0 unspecified atom stereocenters. The minimum absolute atomic E-state index is 0.599. The standard InChI is InChI=1S/C37H24ClN3/c38-32-22-20-29(21-23-32)36-39-35(28-17-14-27(15-18-28)25-8-2-1-3-9-25)40-37(41-36)34-13-7-6-12-33(34)31-19-16-26-10-4-5-11-30(26)24-31/h1-24H. The molecule has 1 aromatic heterocycles. The van der Waals surface area contributed by atoms with E-state index < -0.39 is 0 Å². The fourth-order valence-electron chi connectivity index (χ4n) is 5.08. The topological polar surface area (TPSA) is 38.7 Å². The molecular formula is C37H24ClN3. The molecule has 0 N–H and O–H groups in total. The summed E-state index contributed by atoms with van der Waals surface area (Å²) in [5, 5.41) is 3.07. The van der Waals surface area contributed by atoms with Gasteiger partial charge in [0.15, 0.2) is 17.5 Å². The van der Waals surface area contributed by atoms with Gasteiger partial charge in [-0.1, -0.05) is 127 Å². The van der Waals surface area contributed by atoms with Crippen molar-refractivity contribution >= 4 is 22.4 Å². The molecule has 41 heavy (non-hydrogen) atoms. The molecule has 0 radical (unpaired) electrons. The highest BCUT2D eigenvalue weighted by Gasteiger charge is 2.16. The largest absolute Gasteiger partial charge is 0.208 e. The van der Waals surface area contributed by atoms with Crippen molar-refractivity contribution in [2.24, 2.45) is 0 Å². The van der Waals surface area contributed by atoms with E-state index in [2.05, 4.69) is 97.1 Å². The monoisotopic (exact) mass is 545 g/mol. The van der Waals surface area contributed by atoms with Gasteiger partial charge in [0.1, 0.15) is 0 Å². The Bertz CT molecular complexity index is 1980. The molecule has 0 fully saturated rings. The summed E-state index contributed by atoms with van der Waals surface area (Å²) < 4.78 is 0. The number of aromatic nitrogens is 3. The first-order chi connectivity index (χ1) is 20.2. The minimum atomic E-state index is 0.599. The molecule has 0 aliphatic carbocycles. The van der Waals surface area contributed by atoms with Gasteiger partial charge in [-0.25, -0.2) is 15.0 Å². The van der Waals surface area contributed by atoms with E-state index in [1.54, 1.807) is 0 Å². The number of nitrogens with zero attached hydrogens (tertiary/aromatic N) is 3. The Balaban J connectivity index is 1.38. The number of rotatable bonds is 5. The molecule has 7 aromatic rings. The quantitative estimate of drug-likeness (QED) is 0.216. The van der Waals surface area contributed by atoms with E-state index in [-0.39, 0.29) is 0 Å². The van der Waals surface area contributed by atoms with Gasteiger partial charge >= 0.3 is 0 Å². The first kappa shape index (κ1) is 24.9. The van der Waals surface area contributed by atoms with Crippen LogP contribution in [0.3, 0.4) is 0 Å². The molecule has 0 spiro atoms. The summed E-state index contributed by atoms with van der Waals surface area (Å²) >= 11 is 6.20. The fourth-order valence-corrected chi connectivity index (χ4v) is 5.21. The molecule has 194 valence electrons. The predicted molar refractivity (Wildman–Crippen MR) is 170 cm³/mol. The Kier molecular flexibility index (Phi) is 6.56. The summed E-state index contributed by atoms with van der Waals surface area (Å²) in [6, 6.07) is 49.5. The van der Waals surface area contributed by atoms with Crippen LogP contribution in [0.15, 0.2) is 146 Å². The van der Waals surface area contributed by atoms with Gasteiger partial charge in [-0.3, -0.25) is 0 Å². The van der Waals surface area contributed by atoms with Crippen LogP contribution in [0.4, 0.5) is 0 Å². The first-order valence-corrected chi connectivity index (χ1v) is 13.9. The van der Waals surface area contributed by atoms with E-state index in [0.29, 0.717) is 22.5 Å². The van der Waals surface area contributed by atoms with Crippen LogP contribution in [-0.2, 0) is 0 Å². The van der Waals surface area contributed by atoms with Crippen LogP contribution in [0.25, 0.3) is 67.2 Å². The maximum absolute atomic E-state index is 6.20. The van der Waals surface area contributed by atoms with Crippen molar-refractivity contribution in [1.82, 2.24) is 15.0 Å². The Morgan fingerprint density at radius 2 is 0.829 bits per heavy atom. The van der Waals surface area contributed by atoms with E-state index in [9.17, 15) is 0 Å². The molecule has 3 nitrogen and oxygen atoms in total. The summed E-state index contributed by atoms with van der Waals surface area (Å²) in [5.41, 5.74) is 7.24. The van der Waals surface area contributed by atoms with Gasteiger partial charge in [0.2, 0.25) is 0 Å². The third-order valence-corrected chi connectivity index (χ3v) is 7.47. The molecule has 0 bridgehead atoms.